The Morgan fingerprint density at radius 1 is 0.406 bits per heavy atom. The van der Waals surface area contributed by atoms with E-state index in [0.717, 1.165) is 21.2 Å². The number of rotatable bonds is 7. The molecule has 2 nitrogen and oxygen atoms in total. The van der Waals surface area contributed by atoms with Gasteiger partial charge in [-0.1, -0.05) is 121 Å². The summed E-state index contributed by atoms with van der Waals surface area (Å²) in [5, 5.41) is 25.9. The normalized spacial score (nSPS) is 15.3. The van der Waals surface area contributed by atoms with E-state index in [4.69, 9.17) is 0 Å². The lowest BCUT2D eigenvalue weighted by Crippen LogP contribution is -2.53. The fourth-order valence-electron chi connectivity index (χ4n) is 4.04. The third-order valence-electron chi connectivity index (χ3n) is 5.83. The van der Waals surface area contributed by atoms with Gasteiger partial charge in [0.15, 0.2) is 0 Å². The Morgan fingerprint density at radius 2 is 0.594 bits per heavy atom. The summed E-state index contributed by atoms with van der Waals surface area (Å²) in [5.41, 5.74) is 0. The van der Waals surface area contributed by atoms with Crippen molar-refractivity contribution >= 4 is 37.1 Å². The summed E-state index contributed by atoms with van der Waals surface area (Å²) in [5.74, 6) is 0. The summed E-state index contributed by atoms with van der Waals surface area (Å²) in [6.07, 6.45) is 0. The first-order valence-corrected chi connectivity index (χ1v) is 13.4. The molecule has 4 aromatic carbocycles. The molecule has 0 saturated carbocycles. The van der Waals surface area contributed by atoms with E-state index in [0.29, 0.717) is 0 Å². The summed E-state index contributed by atoms with van der Waals surface area (Å²) in [6, 6.07) is 40.3. The van der Waals surface area contributed by atoms with Crippen molar-refractivity contribution in [2.45, 2.75) is 24.5 Å². The largest absolute Gasteiger partial charge is 0.382 e. The van der Waals surface area contributed by atoms with Gasteiger partial charge in [-0.2, -0.15) is 0 Å². The lowest BCUT2D eigenvalue weighted by molar-refractivity contribution is -0.0142. The van der Waals surface area contributed by atoms with Crippen LogP contribution < -0.4 is 21.2 Å². The maximum absolute atomic E-state index is 12.3. The van der Waals surface area contributed by atoms with E-state index in [1.165, 1.54) is 0 Å². The van der Waals surface area contributed by atoms with Crippen molar-refractivity contribution in [3.63, 3.8) is 0 Å². The topological polar surface area (TPSA) is 40.5 Å². The molecular formula is C28H28O2P2. The van der Waals surface area contributed by atoms with Crippen molar-refractivity contribution in [3.8, 4) is 0 Å². The zero-order valence-corrected chi connectivity index (χ0v) is 20.1. The first-order chi connectivity index (χ1) is 15.4. The van der Waals surface area contributed by atoms with E-state index < -0.39 is 26.5 Å². The third kappa shape index (κ3) is 4.42. The first kappa shape index (κ1) is 22.8. The van der Waals surface area contributed by atoms with Gasteiger partial charge >= 0.3 is 0 Å². The molecule has 0 aromatic heterocycles. The Balaban J connectivity index is 1.90. The van der Waals surface area contributed by atoms with Crippen molar-refractivity contribution in [3.05, 3.63) is 121 Å². The van der Waals surface area contributed by atoms with Crippen LogP contribution in [-0.2, 0) is 0 Å². The van der Waals surface area contributed by atoms with Crippen LogP contribution in [0.2, 0.25) is 0 Å². The van der Waals surface area contributed by atoms with Gasteiger partial charge in [-0.3, -0.25) is 0 Å². The number of hydrogen-bond donors (Lipinski definition) is 2. The Morgan fingerprint density at radius 3 is 0.781 bits per heavy atom. The van der Waals surface area contributed by atoms with Crippen molar-refractivity contribution < 1.29 is 10.2 Å². The van der Waals surface area contributed by atoms with Crippen LogP contribution in [0.25, 0.3) is 0 Å². The SMILES string of the molecule is CC(O)(P(c1ccccc1)c1ccccc1)C(C)(O)P(c1ccccc1)c1ccccc1. The van der Waals surface area contributed by atoms with Crippen LogP contribution in [0.4, 0.5) is 0 Å². The van der Waals surface area contributed by atoms with Crippen LogP contribution in [0.5, 0.6) is 0 Å². The molecular weight excluding hydrogens is 430 g/mol. The molecule has 0 heterocycles. The summed E-state index contributed by atoms with van der Waals surface area (Å²) in [7, 11) is -2.55. The molecule has 32 heavy (non-hydrogen) atoms. The maximum Gasteiger partial charge on any atom is 0.122 e. The van der Waals surface area contributed by atoms with Gasteiger partial charge in [0.2, 0.25) is 0 Å². The summed E-state index contributed by atoms with van der Waals surface area (Å²) < 4.78 is 0. The first-order valence-electron chi connectivity index (χ1n) is 10.7. The van der Waals surface area contributed by atoms with Crippen molar-refractivity contribution in [1.82, 2.24) is 0 Å². The minimum atomic E-state index is -1.40. The number of aliphatic hydroxyl groups is 2. The molecule has 4 rings (SSSR count). The molecule has 2 N–H and O–H groups in total. The summed E-state index contributed by atoms with van der Waals surface area (Å²) in [6.45, 7) is 3.61. The fourth-order valence-corrected chi connectivity index (χ4v) is 9.97. The second-order valence-electron chi connectivity index (χ2n) is 8.05. The third-order valence-corrected chi connectivity index (χ3v) is 11.9. The van der Waals surface area contributed by atoms with Gasteiger partial charge in [0.05, 0.1) is 0 Å². The minimum absolute atomic E-state index is 1.04. The van der Waals surface area contributed by atoms with Gasteiger partial charge < -0.3 is 10.2 Å². The van der Waals surface area contributed by atoms with Gasteiger partial charge in [-0.05, 0) is 50.9 Å². The standard InChI is InChI=1S/C28H28O2P2/c1-27(29,31(23-15-7-3-8-16-23)24-17-9-4-10-18-24)28(2,30)32(25-19-11-5-12-20-25)26-21-13-6-14-22-26/h3-22,29-30H,1-2H3. The second-order valence-corrected chi connectivity index (χ2v) is 13.2. The predicted molar refractivity (Wildman–Crippen MR) is 139 cm³/mol. The van der Waals surface area contributed by atoms with E-state index in [9.17, 15) is 10.2 Å². The smallest absolute Gasteiger partial charge is 0.122 e. The zero-order chi connectivity index (χ0) is 22.6. The molecule has 162 valence electrons. The highest BCUT2D eigenvalue weighted by Gasteiger charge is 2.53. The molecule has 2 atom stereocenters. The Bertz CT molecular complexity index is 943. The Labute approximate surface area is 193 Å². The molecule has 0 saturated heterocycles. The molecule has 0 fully saturated rings. The second kappa shape index (κ2) is 9.65. The lowest BCUT2D eigenvalue weighted by Gasteiger charge is -2.48. The van der Waals surface area contributed by atoms with Gasteiger partial charge in [0, 0.05) is 0 Å². The highest BCUT2D eigenvalue weighted by atomic mass is 31.1. The molecule has 0 aliphatic carbocycles. The van der Waals surface area contributed by atoms with Crippen LogP contribution in [0.15, 0.2) is 121 Å². The average molecular weight is 458 g/mol. The molecule has 0 aliphatic heterocycles. The lowest BCUT2D eigenvalue weighted by atomic mass is 10.2. The van der Waals surface area contributed by atoms with E-state index in [1.807, 2.05) is 72.8 Å². The Hall–Kier alpha value is -2.34. The highest BCUT2D eigenvalue weighted by Crippen LogP contribution is 2.62. The van der Waals surface area contributed by atoms with Gasteiger partial charge in [-0.25, -0.2) is 0 Å². The number of hydrogen-bond acceptors (Lipinski definition) is 2. The van der Waals surface area contributed by atoms with Gasteiger partial charge in [-0.15, -0.1) is 0 Å². The monoisotopic (exact) mass is 458 g/mol. The van der Waals surface area contributed by atoms with Gasteiger partial charge in [0.1, 0.15) is 10.7 Å². The molecule has 0 radical (unpaired) electrons. The molecule has 0 aliphatic rings. The highest BCUT2D eigenvalue weighted by molar-refractivity contribution is 7.78. The van der Waals surface area contributed by atoms with E-state index in [-0.39, 0.29) is 0 Å². The average Bonchev–Trinajstić information content (AvgIpc) is 2.82. The van der Waals surface area contributed by atoms with Crippen LogP contribution in [0.3, 0.4) is 0 Å². The molecule has 4 heteroatoms. The summed E-state index contributed by atoms with van der Waals surface area (Å²) >= 11 is 0. The molecule has 0 spiro atoms. The fraction of sp³-hybridized carbons (Fsp3) is 0.143. The Kier molecular flexibility index (Phi) is 6.89. The molecule has 2 unspecified atom stereocenters. The molecule has 0 bridgehead atoms. The minimum Gasteiger partial charge on any atom is -0.382 e. The molecule has 4 aromatic rings. The van der Waals surface area contributed by atoms with E-state index in [2.05, 4.69) is 48.5 Å². The maximum atomic E-state index is 12.3. The molecule has 0 amide bonds. The van der Waals surface area contributed by atoms with E-state index in [1.54, 1.807) is 13.8 Å². The van der Waals surface area contributed by atoms with Gasteiger partial charge in [0.25, 0.3) is 0 Å². The van der Waals surface area contributed by atoms with Crippen LogP contribution >= 0.6 is 15.8 Å². The van der Waals surface area contributed by atoms with Crippen molar-refractivity contribution in [1.29, 1.82) is 0 Å². The summed E-state index contributed by atoms with van der Waals surface area (Å²) in [4.78, 5) is 0. The van der Waals surface area contributed by atoms with Crippen molar-refractivity contribution in [2.75, 3.05) is 0 Å². The van der Waals surface area contributed by atoms with E-state index >= 15 is 0 Å². The van der Waals surface area contributed by atoms with Crippen molar-refractivity contribution in [2.24, 2.45) is 0 Å². The van der Waals surface area contributed by atoms with Crippen LogP contribution in [0, 0.1) is 0 Å². The van der Waals surface area contributed by atoms with Crippen LogP contribution in [-0.4, -0.2) is 20.9 Å². The van der Waals surface area contributed by atoms with Crippen LogP contribution in [0.1, 0.15) is 13.8 Å². The zero-order valence-electron chi connectivity index (χ0n) is 18.3. The quantitative estimate of drug-likeness (QED) is 0.395. The predicted octanol–water partition coefficient (Wildman–Crippen LogP) is 4.67. The number of benzene rings is 4.